The SMILES string of the molecule is O=c1n([N+](=O)[O-])nnn1[N+](=O)[O-]. The van der Waals surface area contributed by atoms with Gasteiger partial charge in [0.15, 0.2) is 0 Å². The number of nitro groups is 2. The van der Waals surface area contributed by atoms with Crippen molar-refractivity contribution in [3.63, 3.8) is 0 Å². The van der Waals surface area contributed by atoms with Gasteiger partial charge in [-0.25, -0.2) is 4.79 Å². The minimum Gasteiger partial charge on any atom is -0.339 e. The van der Waals surface area contributed by atoms with Gasteiger partial charge in [0.25, 0.3) is 0 Å². The molecular formula is CN6O5. The number of aromatic nitrogens is 4. The fourth-order valence-electron chi connectivity index (χ4n) is 0.437. The van der Waals surface area contributed by atoms with E-state index in [1.54, 1.807) is 0 Å². The van der Waals surface area contributed by atoms with Crippen LogP contribution >= 0.6 is 0 Å². The highest BCUT2D eigenvalue weighted by Gasteiger charge is 2.25. The van der Waals surface area contributed by atoms with Crippen LogP contribution in [0.3, 0.4) is 0 Å². The van der Waals surface area contributed by atoms with Crippen molar-refractivity contribution in [3.8, 4) is 0 Å². The Morgan fingerprint density at radius 3 is 1.58 bits per heavy atom. The van der Waals surface area contributed by atoms with Crippen LogP contribution in [0.4, 0.5) is 0 Å². The number of hydrogen-bond donors (Lipinski definition) is 0. The predicted octanol–water partition coefficient (Wildman–Crippen LogP) is -2.48. The summed E-state index contributed by atoms with van der Waals surface area (Å²) in [6.45, 7) is 0. The normalized spacial score (nSPS) is 9.67. The van der Waals surface area contributed by atoms with Crippen LogP contribution in [-0.4, -0.2) is 30.1 Å². The van der Waals surface area contributed by atoms with Crippen molar-refractivity contribution in [1.82, 2.24) is 20.0 Å². The highest BCUT2D eigenvalue weighted by atomic mass is 16.7. The van der Waals surface area contributed by atoms with Gasteiger partial charge < -0.3 is 20.2 Å². The quantitative estimate of drug-likeness (QED) is 0.358. The molecular weight excluding hydrogens is 176 g/mol. The molecule has 1 rings (SSSR count). The summed E-state index contributed by atoms with van der Waals surface area (Å²) in [5, 5.41) is 22.5. The Kier molecular flexibility index (Phi) is 1.54. The average Bonchev–Trinajstić information content (AvgIpc) is 2.30. The summed E-state index contributed by atoms with van der Waals surface area (Å²) in [5.41, 5.74) is -1.54. The molecule has 0 bridgehead atoms. The Hall–Kier alpha value is -2.33. The second kappa shape index (κ2) is 2.37. The summed E-state index contributed by atoms with van der Waals surface area (Å²) in [5.74, 6) is 0. The Balaban J connectivity index is 3.32. The van der Waals surface area contributed by atoms with Crippen molar-refractivity contribution in [2.45, 2.75) is 0 Å². The van der Waals surface area contributed by atoms with Crippen LogP contribution in [-0.2, 0) is 0 Å². The van der Waals surface area contributed by atoms with Crippen LogP contribution in [0.15, 0.2) is 4.79 Å². The lowest BCUT2D eigenvalue weighted by Crippen LogP contribution is -2.32. The van der Waals surface area contributed by atoms with Gasteiger partial charge in [0.2, 0.25) is 0 Å². The standard InChI is InChI=1S/CN6O5/c8-1-4(6(9)10)2-3-5(1)7(11)12. The Morgan fingerprint density at radius 1 is 1.08 bits per heavy atom. The first-order valence-electron chi connectivity index (χ1n) is 2.38. The molecule has 0 aromatic carbocycles. The summed E-state index contributed by atoms with van der Waals surface area (Å²) >= 11 is 0. The van der Waals surface area contributed by atoms with E-state index in [0.29, 0.717) is 0 Å². The fourth-order valence-corrected chi connectivity index (χ4v) is 0.437. The van der Waals surface area contributed by atoms with E-state index in [2.05, 4.69) is 10.4 Å². The Labute approximate surface area is 62.0 Å². The van der Waals surface area contributed by atoms with E-state index in [1.165, 1.54) is 0 Å². The number of rotatable bonds is 2. The molecule has 0 amide bonds. The molecule has 0 saturated heterocycles. The van der Waals surface area contributed by atoms with E-state index in [4.69, 9.17) is 0 Å². The number of tetrazole rings is 1. The monoisotopic (exact) mass is 176 g/mol. The van der Waals surface area contributed by atoms with E-state index < -0.39 is 15.8 Å². The van der Waals surface area contributed by atoms with Crippen molar-refractivity contribution in [3.05, 3.63) is 30.7 Å². The van der Waals surface area contributed by atoms with Gasteiger partial charge in [0, 0.05) is 0 Å². The lowest BCUT2D eigenvalue weighted by Gasteiger charge is -1.84. The molecule has 1 aromatic rings. The van der Waals surface area contributed by atoms with Gasteiger partial charge in [-0.3, -0.25) is 0 Å². The van der Waals surface area contributed by atoms with Gasteiger partial charge in [-0.05, 0) is 0 Å². The molecule has 11 heteroatoms. The minimum absolute atomic E-state index is 0.344. The van der Waals surface area contributed by atoms with Crippen LogP contribution in [0.2, 0.25) is 0 Å². The maximum Gasteiger partial charge on any atom is 0.496 e. The fraction of sp³-hybridized carbons (Fsp3) is 0. The third kappa shape index (κ3) is 0.979. The molecule has 1 heterocycles. The van der Waals surface area contributed by atoms with Crippen molar-refractivity contribution in [1.29, 1.82) is 0 Å². The average molecular weight is 176 g/mol. The number of nitrogens with zero attached hydrogens (tertiary/aromatic N) is 6. The van der Waals surface area contributed by atoms with Crippen LogP contribution < -0.4 is 5.69 Å². The minimum atomic E-state index is -1.54. The topological polar surface area (TPSA) is 139 Å². The Bertz CT molecular complexity index is 350. The van der Waals surface area contributed by atoms with Crippen LogP contribution in [0.1, 0.15) is 0 Å². The van der Waals surface area contributed by atoms with Gasteiger partial charge in [-0.2, -0.15) is 0 Å². The molecule has 0 spiro atoms. The molecule has 0 aliphatic carbocycles. The van der Waals surface area contributed by atoms with Gasteiger partial charge in [-0.1, -0.05) is 0 Å². The summed E-state index contributed by atoms with van der Waals surface area (Å²) in [6, 6.07) is 0. The van der Waals surface area contributed by atoms with Crippen molar-refractivity contribution in [2.24, 2.45) is 0 Å². The number of hydrogen-bond acceptors (Lipinski definition) is 7. The zero-order valence-electron chi connectivity index (χ0n) is 5.22. The summed E-state index contributed by atoms with van der Waals surface area (Å²) in [4.78, 5) is 29.7. The van der Waals surface area contributed by atoms with Crippen molar-refractivity contribution in [2.75, 3.05) is 0 Å². The van der Waals surface area contributed by atoms with Gasteiger partial charge in [0.05, 0.1) is 10.1 Å². The zero-order valence-corrected chi connectivity index (χ0v) is 5.22. The molecule has 0 atom stereocenters. The molecule has 0 saturated carbocycles. The van der Waals surface area contributed by atoms with Crippen LogP contribution in [0.25, 0.3) is 0 Å². The molecule has 0 unspecified atom stereocenters. The van der Waals surface area contributed by atoms with E-state index in [1.807, 2.05) is 0 Å². The first-order valence-corrected chi connectivity index (χ1v) is 2.38. The van der Waals surface area contributed by atoms with Gasteiger partial charge >= 0.3 is 16.1 Å². The molecule has 0 aliphatic rings. The maximum absolute atomic E-state index is 10.6. The van der Waals surface area contributed by atoms with Gasteiger partial charge in [-0.15, -0.1) is 0 Å². The first-order chi connectivity index (χ1) is 5.54. The molecule has 11 nitrogen and oxygen atoms in total. The van der Waals surface area contributed by atoms with E-state index in [-0.39, 0.29) is 9.58 Å². The van der Waals surface area contributed by atoms with Crippen molar-refractivity contribution >= 4 is 0 Å². The van der Waals surface area contributed by atoms with E-state index in [9.17, 15) is 25.0 Å². The zero-order chi connectivity index (χ0) is 9.30. The molecule has 0 fully saturated rings. The summed E-state index contributed by atoms with van der Waals surface area (Å²) in [6.07, 6.45) is 0. The highest BCUT2D eigenvalue weighted by Crippen LogP contribution is 1.71. The summed E-state index contributed by atoms with van der Waals surface area (Å²) in [7, 11) is 0. The third-order valence-corrected chi connectivity index (χ3v) is 0.861. The van der Waals surface area contributed by atoms with Gasteiger partial charge in [0.1, 0.15) is 9.58 Å². The van der Waals surface area contributed by atoms with E-state index in [0.717, 1.165) is 0 Å². The third-order valence-electron chi connectivity index (χ3n) is 0.861. The lowest BCUT2D eigenvalue weighted by molar-refractivity contribution is -0.571. The largest absolute Gasteiger partial charge is 0.496 e. The molecule has 0 aliphatic heterocycles. The maximum atomic E-state index is 10.6. The van der Waals surface area contributed by atoms with E-state index >= 15 is 0 Å². The molecule has 0 N–H and O–H groups in total. The molecule has 1 aromatic heterocycles. The Morgan fingerprint density at radius 2 is 1.42 bits per heavy atom. The smallest absolute Gasteiger partial charge is 0.339 e. The molecule has 0 radical (unpaired) electrons. The van der Waals surface area contributed by atoms with Crippen LogP contribution in [0, 0.1) is 20.2 Å². The predicted molar refractivity (Wildman–Crippen MR) is 29.1 cm³/mol. The molecule has 64 valence electrons. The highest BCUT2D eigenvalue weighted by molar-refractivity contribution is 4.46. The summed E-state index contributed by atoms with van der Waals surface area (Å²) < 4.78 is 0. The second-order valence-electron chi connectivity index (χ2n) is 1.52. The lowest BCUT2D eigenvalue weighted by atomic mass is 11.3. The second-order valence-corrected chi connectivity index (χ2v) is 1.52. The molecule has 12 heavy (non-hydrogen) atoms. The first kappa shape index (κ1) is 7.77. The van der Waals surface area contributed by atoms with Crippen molar-refractivity contribution < 1.29 is 10.1 Å². The van der Waals surface area contributed by atoms with Crippen LogP contribution in [0.5, 0.6) is 0 Å².